The van der Waals surface area contributed by atoms with E-state index in [0.29, 0.717) is 12.6 Å². The lowest BCUT2D eigenvalue weighted by Gasteiger charge is -2.33. The first-order chi connectivity index (χ1) is 9.70. The summed E-state index contributed by atoms with van der Waals surface area (Å²) in [5.41, 5.74) is 0. The van der Waals surface area contributed by atoms with Crippen LogP contribution in [0, 0.1) is 0 Å². The van der Waals surface area contributed by atoms with Gasteiger partial charge in [0.15, 0.2) is 0 Å². The van der Waals surface area contributed by atoms with Gasteiger partial charge in [0, 0.05) is 10.9 Å². The molecule has 0 aromatic carbocycles. The topological polar surface area (TPSA) is 44.4 Å². The summed E-state index contributed by atoms with van der Waals surface area (Å²) in [5.74, 6) is 0.131. The van der Waals surface area contributed by atoms with E-state index in [9.17, 15) is 4.79 Å². The second-order valence-corrected chi connectivity index (χ2v) is 6.33. The molecule has 0 bridgehead atoms. The van der Waals surface area contributed by atoms with Gasteiger partial charge in [0.2, 0.25) is 5.91 Å². The van der Waals surface area contributed by atoms with Gasteiger partial charge < -0.3 is 10.6 Å². The normalized spacial score (nSPS) is 18.1. The third kappa shape index (κ3) is 4.30. The zero-order valence-electron chi connectivity index (χ0n) is 12.4. The summed E-state index contributed by atoms with van der Waals surface area (Å²) in [5, 5.41) is 8.52. The SMILES string of the molecule is CCN(CC(=O)NC(C)c1cccs1)C1CCNCC1. The van der Waals surface area contributed by atoms with Gasteiger partial charge in [-0.25, -0.2) is 0 Å². The molecule has 2 rings (SSSR count). The fourth-order valence-electron chi connectivity index (χ4n) is 2.75. The first-order valence-electron chi connectivity index (χ1n) is 7.48. The molecule has 1 fully saturated rings. The minimum absolute atomic E-state index is 0.106. The Kier molecular flexibility index (Phi) is 6.01. The van der Waals surface area contributed by atoms with Gasteiger partial charge in [0.25, 0.3) is 0 Å². The molecular formula is C15H25N3OS. The van der Waals surface area contributed by atoms with Crippen molar-refractivity contribution in [1.29, 1.82) is 0 Å². The van der Waals surface area contributed by atoms with Crippen LogP contribution >= 0.6 is 11.3 Å². The van der Waals surface area contributed by atoms with E-state index in [1.807, 2.05) is 18.4 Å². The monoisotopic (exact) mass is 295 g/mol. The number of nitrogens with zero attached hydrogens (tertiary/aromatic N) is 1. The van der Waals surface area contributed by atoms with Crippen LogP contribution in [-0.4, -0.2) is 43.0 Å². The molecule has 0 radical (unpaired) electrons. The van der Waals surface area contributed by atoms with Crippen LogP contribution in [0.15, 0.2) is 17.5 Å². The third-order valence-corrected chi connectivity index (χ3v) is 4.98. The van der Waals surface area contributed by atoms with E-state index in [4.69, 9.17) is 0 Å². The predicted octanol–water partition coefficient (Wildman–Crippen LogP) is 2.00. The first-order valence-corrected chi connectivity index (χ1v) is 8.36. The Morgan fingerprint density at radius 1 is 1.55 bits per heavy atom. The molecule has 1 unspecified atom stereocenters. The van der Waals surface area contributed by atoms with Crippen molar-refractivity contribution in [1.82, 2.24) is 15.5 Å². The van der Waals surface area contributed by atoms with Gasteiger partial charge in [-0.15, -0.1) is 11.3 Å². The van der Waals surface area contributed by atoms with Crippen molar-refractivity contribution in [2.45, 2.75) is 38.8 Å². The number of piperidine rings is 1. The summed E-state index contributed by atoms with van der Waals surface area (Å²) in [7, 11) is 0. The molecule has 2 N–H and O–H groups in total. The molecule has 1 saturated heterocycles. The molecule has 1 amide bonds. The minimum Gasteiger partial charge on any atom is -0.348 e. The highest BCUT2D eigenvalue weighted by atomic mass is 32.1. The smallest absolute Gasteiger partial charge is 0.234 e. The summed E-state index contributed by atoms with van der Waals surface area (Å²) < 4.78 is 0. The van der Waals surface area contributed by atoms with Crippen molar-refractivity contribution in [2.24, 2.45) is 0 Å². The Morgan fingerprint density at radius 2 is 2.30 bits per heavy atom. The van der Waals surface area contributed by atoms with Crippen LogP contribution in [0.4, 0.5) is 0 Å². The van der Waals surface area contributed by atoms with E-state index >= 15 is 0 Å². The van der Waals surface area contributed by atoms with Crippen LogP contribution in [0.3, 0.4) is 0 Å². The van der Waals surface area contributed by atoms with Gasteiger partial charge in [-0.2, -0.15) is 0 Å². The highest BCUT2D eigenvalue weighted by Crippen LogP contribution is 2.18. The number of carbonyl (C=O) groups is 1. The standard InChI is InChI=1S/C15H25N3OS/c1-3-18(13-6-8-16-9-7-13)11-15(19)17-12(2)14-5-4-10-20-14/h4-5,10,12-13,16H,3,6-9,11H2,1-2H3,(H,17,19). The van der Waals surface area contributed by atoms with Crippen LogP contribution in [0.5, 0.6) is 0 Å². The molecule has 112 valence electrons. The Balaban J connectivity index is 1.82. The quantitative estimate of drug-likeness (QED) is 0.844. The van der Waals surface area contributed by atoms with Crippen LogP contribution in [-0.2, 0) is 4.79 Å². The van der Waals surface area contributed by atoms with E-state index in [0.717, 1.165) is 32.5 Å². The Labute approximate surface area is 125 Å². The summed E-state index contributed by atoms with van der Waals surface area (Å²) in [6, 6.07) is 4.74. The molecular weight excluding hydrogens is 270 g/mol. The molecule has 20 heavy (non-hydrogen) atoms. The number of amides is 1. The third-order valence-electron chi connectivity index (χ3n) is 3.93. The van der Waals surface area contributed by atoms with Crippen LogP contribution in [0.1, 0.15) is 37.6 Å². The molecule has 4 nitrogen and oxygen atoms in total. The van der Waals surface area contributed by atoms with Crippen LogP contribution < -0.4 is 10.6 Å². The number of nitrogens with one attached hydrogen (secondary N) is 2. The average Bonchev–Trinajstić information content (AvgIpc) is 3.00. The van der Waals surface area contributed by atoms with Gasteiger partial charge in [0.05, 0.1) is 12.6 Å². The number of hydrogen-bond acceptors (Lipinski definition) is 4. The molecule has 1 atom stereocenters. The van der Waals surface area contributed by atoms with E-state index < -0.39 is 0 Å². The molecule has 1 aliphatic rings. The average molecular weight is 295 g/mol. The van der Waals surface area contributed by atoms with Crippen molar-refractivity contribution >= 4 is 17.2 Å². The lowest BCUT2D eigenvalue weighted by Crippen LogP contribution is -2.47. The molecule has 1 aromatic rings. The maximum atomic E-state index is 12.2. The van der Waals surface area contributed by atoms with Gasteiger partial charge in [0.1, 0.15) is 0 Å². The van der Waals surface area contributed by atoms with E-state index in [2.05, 4.69) is 28.5 Å². The van der Waals surface area contributed by atoms with Crippen molar-refractivity contribution < 1.29 is 4.79 Å². The second kappa shape index (κ2) is 7.76. The molecule has 0 saturated carbocycles. The summed E-state index contributed by atoms with van der Waals surface area (Å²) >= 11 is 1.69. The van der Waals surface area contributed by atoms with E-state index in [-0.39, 0.29) is 11.9 Å². The summed E-state index contributed by atoms with van der Waals surface area (Å²) in [6.07, 6.45) is 2.28. The molecule has 1 aromatic heterocycles. The van der Waals surface area contributed by atoms with Gasteiger partial charge in [-0.05, 0) is 50.8 Å². The van der Waals surface area contributed by atoms with E-state index in [1.165, 1.54) is 4.88 Å². The van der Waals surface area contributed by atoms with Crippen LogP contribution in [0.25, 0.3) is 0 Å². The van der Waals surface area contributed by atoms with Crippen molar-refractivity contribution in [3.8, 4) is 0 Å². The Bertz CT molecular complexity index is 401. The van der Waals surface area contributed by atoms with Crippen molar-refractivity contribution in [3.05, 3.63) is 22.4 Å². The number of carbonyl (C=O) groups excluding carboxylic acids is 1. The van der Waals surface area contributed by atoms with Crippen molar-refractivity contribution in [3.63, 3.8) is 0 Å². The summed E-state index contributed by atoms with van der Waals surface area (Å²) in [4.78, 5) is 15.7. The van der Waals surface area contributed by atoms with Gasteiger partial charge >= 0.3 is 0 Å². The van der Waals surface area contributed by atoms with E-state index in [1.54, 1.807) is 11.3 Å². The largest absolute Gasteiger partial charge is 0.348 e. The number of likely N-dealkylation sites (N-methyl/N-ethyl adjacent to an activating group) is 1. The molecule has 0 spiro atoms. The molecule has 1 aliphatic heterocycles. The fraction of sp³-hybridized carbons (Fsp3) is 0.667. The highest BCUT2D eigenvalue weighted by molar-refractivity contribution is 7.10. The zero-order chi connectivity index (χ0) is 14.4. The van der Waals surface area contributed by atoms with Gasteiger partial charge in [-0.3, -0.25) is 9.69 Å². The van der Waals surface area contributed by atoms with Gasteiger partial charge in [-0.1, -0.05) is 13.0 Å². The van der Waals surface area contributed by atoms with Crippen LogP contribution in [0.2, 0.25) is 0 Å². The maximum absolute atomic E-state index is 12.2. The zero-order valence-corrected chi connectivity index (χ0v) is 13.2. The number of rotatable bonds is 6. The molecule has 2 heterocycles. The fourth-order valence-corrected chi connectivity index (χ4v) is 3.49. The maximum Gasteiger partial charge on any atom is 0.234 e. The second-order valence-electron chi connectivity index (χ2n) is 5.35. The Hall–Kier alpha value is -0.910. The summed E-state index contributed by atoms with van der Waals surface area (Å²) in [6.45, 7) is 7.76. The first kappa shape index (κ1) is 15.5. The lowest BCUT2D eigenvalue weighted by atomic mass is 10.0. The molecule has 5 heteroatoms. The lowest BCUT2D eigenvalue weighted by molar-refractivity contribution is -0.123. The minimum atomic E-state index is 0.106. The number of thiophene rings is 1. The highest BCUT2D eigenvalue weighted by Gasteiger charge is 2.22. The molecule has 0 aliphatic carbocycles. The number of hydrogen-bond donors (Lipinski definition) is 2. The Morgan fingerprint density at radius 3 is 2.90 bits per heavy atom. The van der Waals surface area contributed by atoms with Crippen molar-refractivity contribution in [2.75, 3.05) is 26.2 Å². The predicted molar refractivity (Wildman–Crippen MR) is 84.0 cm³/mol.